The van der Waals surface area contributed by atoms with E-state index in [9.17, 15) is 0 Å². The summed E-state index contributed by atoms with van der Waals surface area (Å²) in [5, 5.41) is 9.83. The SMILES string of the molecule is CCNC(c1cc(Br)cs1)c1c(OC)cnn1C. The van der Waals surface area contributed by atoms with Crippen LogP contribution in [-0.4, -0.2) is 23.4 Å². The first kappa shape index (κ1) is 13.6. The van der Waals surface area contributed by atoms with Crippen LogP contribution in [0, 0.1) is 0 Å². The molecular formula is C12H16BrN3OS. The van der Waals surface area contributed by atoms with E-state index in [0.717, 1.165) is 22.5 Å². The summed E-state index contributed by atoms with van der Waals surface area (Å²) in [6.45, 7) is 2.98. The molecule has 1 N–H and O–H groups in total. The Balaban J connectivity index is 2.43. The van der Waals surface area contributed by atoms with E-state index in [1.54, 1.807) is 24.6 Å². The van der Waals surface area contributed by atoms with Crippen molar-refractivity contribution in [3.05, 3.63) is 32.7 Å². The minimum absolute atomic E-state index is 0.105. The molecule has 4 nitrogen and oxygen atoms in total. The summed E-state index contributed by atoms with van der Waals surface area (Å²) in [6.07, 6.45) is 1.75. The highest BCUT2D eigenvalue weighted by Gasteiger charge is 2.22. The van der Waals surface area contributed by atoms with Gasteiger partial charge in [-0.2, -0.15) is 5.10 Å². The van der Waals surface area contributed by atoms with E-state index < -0.39 is 0 Å². The monoisotopic (exact) mass is 329 g/mol. The standard InChI is InChI=1S/C12H16BrN3OS/c1-4-14-11(10-5-8(13)7-18-10)12-9(17-3)6-15-16(12)2/h5-7,11,14H,4H2,1-3H3. The number of aromatic nitrogens is 2. The lowest BCUT2D eigenvalue weighted by Crippen LogP contribution is -2.24. The average molecular weight is 330 g/mol. The maximum Gasteiger partial charge on any atom is 0.161 e. The number of nitrogens with zero attached hydrogens (tertiary/aromatic N) is 2. The fraction of sp³-hybridized carbons (Fsp3) is 0.417. The highest BCUT2D eigenvalue weighted by atomic mass is 79.9. The number of hydrogen-bond donors (Lipinski definition) is 1. The van der Waals surface area contributed by atoms with Crippen LogP contribution < -0.4 is 10.1 Å². The number of aryl methyl sites for hydroxylation is 1. The fourth-order valence-corrected chi connectivity index (χ4v) is 3.45. The van der Waals surface area contributed by atoms with Crippen LogP contribution in [0.1, 0.15) is 23.5 Å². The van der Waals surface area contributed by atoms with E-state index in [-0.39, 0.29) is 6.04 Å². The number of methoxy groups -OCH3 is 1. The van der Waals surface area contributed by atoms with Crippen LogP contribution in [0.15, 0.2) is 22.1 Å². The van der Waals surface area contributed by atoms with E-state index >= 15 is 0 Å². The molecule has 2 aromatic heterocycles. The summed E-state index contributed by atoms with van der Waals surface area (Å²) < 4.78 is 8.36. The number of rotatable bonds is 5. The molecule has 0 aliphatic heterocycles. The van der Waals surface area contributed by atoms with Gasteiger partial charge in [0.2, 0.25) is 0 Å². The summed E-state index contributed by atoms with van der Waals surface area (Å²) in [5.74, 6) is 0.813. The molecular weight excluding hydrogens is 314 g/mol. The zero-order chi connectivity index (χ0) is 13.1. The largest absolute Gasteiger partial charge is 0.493 e. The van der Waals surface area contributed by atoms with Gasteiger partial charge >= 0.3 is 0 Å². The van der Waals surface area contributed by atoms with Crippen molar-refractivity contribution >= 4 is 27.3 Å². The summed E-state index contributed by atoms with van der Waals surface area (Å²) in [4.78, 5) is 1.24. The number of hydrogen-bond acceptors (Lipinski definition) is 4. The number of ether oxygens (including phenoxy) is 1. The van der Waals surface area contributed by atoms with Crippen LogP contribution in [0.4, 0.5) is 0 Å². The van der Waals surface area contributed by atoms with Gasteiger partial charge in [0, 0.05) is 21.8 Å². The van der Waals surface area contributed by atoms with Crippen molar-refractivity contribution in [2.75, 3.05) is 13.7 Å². The minimum atomic E-state index is 0.105. The maximum atomic E-state index is 5.39. The average Bonchev–Trinajstić information content (AvgIpc) is 2.93. The van der Waals surface area contributed by atoms with Crippen molar-refractivity contribution in [1.82, 2.24) is 15.1 Å². The molecule has 98 valence electrons. The third kappa shape index (κ3) is 2.60. The van der Waals surface area contributed by atoms with Crippen molar-refractivity contribution in [2.45, 2.75) is 13.0 Å². The number of nitrogens with one attached hydrogen (secondary N) is 1. The molecule has 0 radical (unpaired) electrons. The van der Waals surface area contributed by atoms with Crippen LogP contribution in [-0.2, 0) is 7.05 Å². The zero-order valence-corrected chi connectivity index (χ0v) is 13.0. The molecule has 0 aliphatic rings. The van der Waals surface area contributed by atoms with Crippen LogP contribution >= 0.6 is 27.3 Å². The fourth-order valence-electron chi connectivity index (χ4n) is 1.93. The normalized spacial score (nSPS) is 12.7. The molecule has 1 unspecified atom stereocenters. The number of thiophene rings is 1. The lowest BCUT2D eigenvalue weighted by atomic mass is 10.1. The Labute approximate surface area is 119 Å². The van der Waals surface area contributed by atoms with Gasteiger partial charge in [0.15, 0.2) is 5.75 Å². The maximum absolute atomic E-state index is 5.39. The van der Waals surface area contributed by atoms with Crippen LogP contribution in [0.2, 0.25) is 0 Å². The predicted molar refractivity (Wildman–Crippen MR) is 77.3 cm³/mol. The van der Waals surface area contributed by atoms with Gasteiger partial charge in [-0.25, -0.2) is 0 Å². The summed E-state index contributed by atoms with van der Waals surface area (Å²) in [5.41, 5.74) is 1.05. The summed E-state index contributed by atoms with van der Waals surface area (Å²) >= 11 is 5.22. The van der Waals surface area contributed by atoms with Gasteiger partial charge in [0.1, 0.15) is 5.69 Å². The Morgan fingerprint density at radius 1 is 1.61 bits per heavy atom. The second-order valence-corrected chi connectivity index (χ2v) is 5.74. The minimum Gasteiger partial charge on any atom is -0.493 e. The lowest BCUT2D eigenvalue weighted by molar-refractivity contribution is 0.401. The Hall–Kier alpha value is -0.850. The zero-order valence-electron chi connectivity index (χ0n) is 10.6. The van der Waals surface area contributed by atoms with E-state index in [4.69, 9.17) is 4.74 Å². The van der Waals surface area contributed by atoms with E-state index in [0.29, 0.717) is 0 Å². The second kappa shape index (κ2) is 5.86. The molecule has 0 aliphatic carbocycles. The van der Waals surface area contributed by atoms with Crippen LogP contribution in [0.25, 0.3) is 0 Å². The molecule has 0 bridgehead atoms. The van der Waals surface area contributed by atoms with Crippen molar-refractivity contribution < 1.29 is 4.74 Å². The first-order chi connectivity index (χ1) is 8.67. The molecule has 1 atom stereocenters. The molecule has 18 heavy (non-hydrogen) atoms. The third-order valence-electron chi connectivity index (χ3n) is 2.72. The van der Waals surface area contributed by atoms with Gasteiger partial charge in [-0.3, -0.25) is 4.68 Å². The molecule has 0 amide bonds. The summed E-state index contributed by atoms with van der Waals surface area (Å²) in [6, 6.07) is 2.23. The van der Waals surface area contributed by atoms with E-state index in [1.165, 1.54) is 4.88 Å². The van der Waals surface area contributed by atoms with E-state index in [2.05, 4.69) is 44.7 Å². The lowest BCUT2D eigenvalue weighted by Gasteiger charge is -2.18. The van der Waals surface area contributed by atoms with Gasteiger partial charge in [0.25, 0.3) is 0 Å². The predicted octanol–water partition coefficient (Wildman–Crippen LogP) is 2.95. The summed E-state index contributed by atoms with van der Waals surface area (Å²) in [7, 11) is 3.61. The molecule has 0 spiro atoms. The number of halogens is 1. The van der Waals surface area contributed by atoms with Crippen molar-refractivity contribution in [3.8, 4) is 5.75 Å². The van der Waals surface area contributed by atoms with Gasteiger partial charge in [-0.05, 0) is 28.5 Å². The van der Waals surface area contributed by atoms with Gasteiger partial charge in [0.05, 0.1) is 19.3 Å². The van der Waals surface area contributed by atoms with Crippen LogP contribution in [0.5, 0.6) is 5.75 Å². The molecule has 6 heteroatoms. The molecule has 2 heterocycles. The molecule has 2 rings (SSSR count). The first-order valence-electron chi connectivity index (χ1n) is 5.70. The topological polar surface area (TPSA) is 39.1 Å². The van der Waals surface area contributed by atoms with Gasteiger partial charge < -0.3 is 10.1 Å². The Morgan fingerprint density at radius 3 is 2.94 bits per heavy atom. The second-order valence-electron chi connectivity index (χ2n) is 3.88. The molecule has 0 saturated heterocycles. The smallest absolute Gasteiger partial charge is 0.161 e. The Bertz CT molecular complexity index is 523. The molecule has 0 saturated carbocycles. The molecule has 0 aromatic carbocycles. The first-order valence-corrected chi connectivity index (χ1v) is 7.37. The van der Waals surface area contributed by atoms with Crippen molar-refractivity contribution in [3.63, 3.8) is 0 Å². The molecule has 0 fully saturated rings. The van der Waals surface area contributed by atoms with Crippen molar-refractivity contribution in [1.29, 1.82) is 0 Å². The Morgan fingerprint density at radius 2 is 2.39 bits per heavy atom. The quantitative estimate of drug-likeness (QED) is 0.916. The van der Waals surface area contributed by atoms with Crippen LogP contribution in [0.3, 0.4) is 0 Å². The van der Waals surface area contributed by atoms with Crippen molar-refractivity contribution in [2.24, 2.45) is 7.05 Å². The highest BCUT2D eigenvalue weighted by Crippen LogP contribution is 2.34. The van der Waals surface area contributed by atoms with Gasteiger partial charge in [-0.1, -0.05) is 6.92 Å². The Kier molecular flexibility index (Phi) is 4.42. The van der Waals surface area contributed by atoms with Gasteiger partial charge in [-0.15, -0.1) is 11.3 Å². The highest BCUT2D eigenvalue weighted by molar-refractivity contribution is 9.10. The molecule has 2 aromatic rings. The van der Waals surface area contributed by atoms with E-state index in [1.807, 2.05) is 11.7 Å². The third-order valence-corrected chi connectivity index (χ3v) is 4.48.